The van der Waals surface area contributed by atoms with Gasteiger partial charge in [0.2, 0.25) is 5.88 Å². The van der Waals surface area contributed by atoms with Crippen LogP contribution in [0.4, 0.5) is 13.2 Å². The quantitative estimate of drug-likeness (QED) is 0.587. The number of carbonyl (C=O) groups is 1. The van der Waals surface area contributed by atoms with Crippen molar-refractivity contribution in [3.8, 4) is 11.6 Å². The molecule has 3 heterocycles. The second kappa shape index (κ2) is 8.99. The highest BCUT2D eigenvalue weighted by molar-refractivity contribution is 5.94. The van der Waals surface area contributed by atoms with E-state index in [0.717, 1.165) is 42.9 Å². The number of amides is 1. The van der Waals surface area contributed by atoms with E-state index in [9.17, 15) is 18.0 Å². The van der Waals surface area contributed by atoms with Crippen molar-refractivity contribution in [1.82, 2.24) is 19.9 Å². The molecule has 32 heavy (non-hydrogen) atoms. The molecule has 4 rings (SSSR count). The van der Waals surface area contributed by atoms with Gasteiger partial charge in [-0.25, -0.2) is 4.98 Å². The van der Waals surface area contributed by atoms with Gasteiger partial charge in [-0.05, 0) is 37.3 Å². The molecule has 0 bridgehead atoms. The standard InChI is InChI=1S/C22H21F3N4O3/c1-15-12-18(27-32-15)14-28-8-10-29(11-9-28)21(30)16-2-5-19(6-3-16)31-20-7-4-17(13-26-20)22(23,24)25/h2-7,12-13H,8-11,14H2,1H3. The third-order valence-electron chi connectivity index (χ3n) is 5.11. The fraction of sp³-hybridized carbons (Fsp3) is 0.318. The number of pyridine rings is 1. The van der Waals surface area contributed by atoms with E-state index in [1.807, 2.05) is 13.0 Å². The van der Waals surface area contributed by atoms with Crippen LogP contribution >= 0.6 is 0 Å². The summed E-state index contributed by atoms with van der Waals surface area (Å²) in [5.41, 5.74) is 0.542. The molecule has 1 amide bonds. The summed E-state index contributed by atoms with van der Waals surface area (Å²) >= 11 is 0. The predicted molar refractivity (Wildman–Crippen MR) is 108 cm³/mol. The maximum atomic E-state index is 12.8. The molecule has 0 radical (unpaired) electrons. The summed E-state index contributed by atoms with van der Waals surface area (Å²) in [5, 5.41) is 4.00. The highest BCUT2D eigenvalue weighted by Crippen LogP contribution is 2.30. The molecule has 10 heteroatoms. The summed E-state index contributed by atoms with van der Waals surface area (Å²) < 4.78 is 48.4. The highest BCUT2D eigenvalue weighted by atomic mass is 19.4. The molecule has 2 aromatic heterocycles. The van der Waals surface area contributed by atoms with Crippen molar-refractivity contribution in [3.63, 3.8) is 0 Å². The Kier molecular flexibility index (Phi) is 6.13. The zero-order valence-electron chi connectivity index (χ0n) is 17.3. The van der Waals surface area contributed by atoms with Gasteiger partial charge in [0, 0.05) is 56.6 Å². The Bertz CT molecular complexity index is 1060. The molecule has 1 saturated heterocycles. The summed E-state index contributed by atoms with van der Waals surface area (Å²) in [7, 11) is 0. The van der Waals surface area contributed by atoms with Crippen molar-refractivity contribution in [2.45, 2.75) is 19.6 Å². The van der Waals surface area contributed by atoms with Crippen LogP contribution in [-0.2, 0) is 12.7 Å². The number of halogens is 3. The van der Waals surface area contributed by atoms with Gasteiger partial charge < -0.3 is 14.2 Å². The average Bonchev–Trinajstić information content (AvgIpc) is 3.18. The number of rotatable bonds is 5. The molecule has 1 aliphatic heterocycles. The van der Waals surface area contributed by atoms with Gasteiger partial charge in [0.25, 0.3) is 5.91 Å². The molecule has 1 aliphatic rings. The average molecular weight is 446 g/mol. The lowest BCUT2D eigenvalue weighted by Gasteiger charge is -2.34. The van der Waals surface area contributed by atoms with Crippen molar-refractivity contribution in [2.24, 2.45) is 0 Å². The van der Waals surface area contributed by atoms with E-state index >= 15 is 0 Å². The van der Waals surface area contributed by atoms with Crippen molar-refractivity contribution in [1.29, 1.82) is 0 Å². The number of ether oxygens (including phenoxy) is 1. The topological polar surface area (TPSA) is 71.7 Å². The van der Waals surface area contributed by atoms with E-state index in [-0.39, 0.29) is 11.8 Å². The zero-order chi connectivity index (χ0) is 22.7. The first-order valence-electron chi connectivity index (χ1n) is 10.0. The summed E-state index contributed by atoms with van der Waals surface area (Å²) in [6, 6.07) is 10.4. The molecule has 0 N–H and O–H groups in total. The molecular formula is C22H21F3N4O3. The molecule has 3 aromatic rings. The lowest BCUT2D eigenvalue weighted by molar-refractivity contribution is -0.137. The van der Waals surface area contributed by atoms with Crippen LogP contribution in [0, 0.1) is 6.92 Å². The maximum absolute atomic E-state index is 12.8. The van der Waals surface area contributed by atoms with Crippen molar-refractivity contribution in [3.05, 3.63) is 71.2 Å². The van der Waals surface area contributed by atoms with E-state index in [4.69, 9.17) is 9.26 Å². The second-order valence-electron chi connectivity index (χ2n) is 7.51. The minimum absolute atomic E-state index is 0.0375. The molecule has 0 saturated carbocycles. The zero-order valence-corrected chi connectivity index (χ0v) is 17.3. The molecule has 7 nitrogen and oxygen atoms in total. The summed E-state index contributed by atoms with van der Waals surface area (Å²) in [5.74, 6) is 1.11. The van der Waals surface area contributed by atoms with Crippen molar-refractivity contribution >= 4 is 5.91 Å². The molecule has 0 atom stereocenters. The number of aromatic nitrogens is 2. The Hall–Kier alpha value is -3.40. The van der Waals surface area contributed by atoms with E-state index in [2.05, 4.69) is 15.0 Å². The van der Waals surface area contributed by atoms with Gasteiger partial charge in [0.15, 0.2) is 0 Å². The fourth-order valence-electron chi connectivity index (χ4n) is 3.41. The lowest BCUT2D eigenvalue weighted by Crippen LogP contribution is -2.48. The first kappa shape index (κ1) is 21.8. The number of piperazine rings is 1. The Labute approximate surface area is 182 Å². The van der Waals surface area contributed by atoms with Crippen LogP contribution in [0.1, 0.15) is 27.4 Å². The summed E-state index contributed by atoms with van der Waals surface area (Å²) in [6.45, 7) is 5.20. The van der Waals surface area contributed by atoms with Gasteiger partial charge >= 0.3 is 6.18 Å². The second-order valence-corrected chi connectivity index (χ2v) is 7.51. The summed E-state index contributed by atoms with van der Waals surface area (Å²) in [6.07, 6.45) is -3.73. The fourth-order valence-corrected chi connectivity index (χ4v) is 3.41. The van der Waals surface area contributed by atoms with Crippen LogP contribution in [0.5, 0.6) is 11.6 Å². The largest absolute Gasteiger partial charge is 0.439 e. The van der Waals surface area contributed by atoms with Gasteiger partial charge in [0.05, 0.1) is 11.3 Å². The molecule has 0 spiro atoms. The highest BCUT2D eigenvalue weighted by Gasteiger charge is 2.30. The number of benzene rings is 1. The smallest absolute Gasteiger partial charge is 0.417 e. The molecular weight excluding hydrogens is 425 g/mol. The number of hydrogen-bond acceptors (Lipinski definition) is 6. The van der Waals surface area contributed by atoms with Crippen LogP contribution in [0.2, 0.25) is 0 Å². The Morgan fingerprint density at radius 2 is 1.81 bits per heavy atom. The number of alkyl halides is 3. The minimum Gasteiger partial charge on any atom is -0.439 e. The molecule has 0 unspecified atom stereocenters. The first-order chi connectivity index (χ1) is 15.3. The molecule has 1 aromatic carbocycles. The Morgan fingerprint density at radius 3 is 2.38 bits per heavy atom. The van der Waals surface area contributed by atoms with Crippen LogP contribution in [-0.4, -0.2) is 52.0 Å². The van der Waals surface area contributed by atoms with Crippen molar-refractivity contribution in [2.75, 3.05) is 26.2 Å². The number of aryl methyl sites for hydroxylation is 1. The van der Waals surface area contributed by atoms with E-state index in [0.29, 0.717) is 30.9 Å². The van der Waals surface area contributed by atoms with Crippen LogP contribution < -0.4 is 4.74 Å². The first-order valence-corrected chi connectivity index (χ1v) is 10.0. The number of nitrogens with zero attached hydrogens (tertiary/aromatic N) is 4. The van der Waals surface area contributed by atoms with Gasteiger partial charge in [-0.15, -0.1) is 0 Å². The van der Waals surface area contributed by atoms with Gasteiger partial charge in [-0.3, -0.25) is 9.69 Å². The Morgan fingerprint density at radius 1 is 1.09 bits per heavy atom. The molecule has 168 valence electrons. The third-order valence-corrected chi connectivity index (χ3v) is 5.11. The van der Waals surface area contributed by atoms with E-state index < -0.39 is 11.7 Å². The van der Waals surface area contributed by atoms with E-state index in [1.165, 1.54) is 0 Å². The van der Waals surface area contributed by atoms with Crippen molar-refractivity contribution < 1.29 is 27.2 Å². The van der Waals surface area contributed by atoms with Crippen LogP contribution in [0.15, 0.2) is 53.2 Å². The lowest BCUT2D eigenvalue weighted by atomic mass is 10.1. The molecule has 1 fully saturated rings. The van der Waals surface area contributed by atoms with Gasteiger partial charge in [-0.1, -0.05) is 5.16 Å². The number of carbonyl (C=O) groups excluding carboxylic acids is 1. The van der Waals surface area contributed by atoms with E-state index in [1.54, 1.807) is 29.2 Å². The van der Waals surface area contributed by atoms with Gasteiger partial charge in [0.1, 0.15) is 11.5 Å². The SMILES string of the molecule is Cc1cc(CN2CCN(C(=O)c3ccc(Oc4ccc(C(F)(F)F)cn4)cc3)CC2)no1. The van der Waals surface area contributed by atoms with Crippen LogP contribution in [0.3, 0.4) is 0 Å². The monoisotopic (exact) mass is 446 g/mol. The third kappa shape index (κ3) is 5.25. The van der Waals surface area contributed by atoms with Crippen LogP contribution in [0.25, 0.3) is 0 Å². The molecule has 0 aliphatic carbocycles. The normalized spacial score (nSPS) is 15.1. The van der Waals surface area contributed by atoms with Gasteiger partial charge in [-0.2, -0.15) is 13.2 Å². The summed E-state index contributed by atoms with van der Waals surface area (Å²) in [4.78, 5) is 20.5. The predicted octanol–water partition coefficient (Wildman–Crippen LogP) is 4.15. The Balaban J connectivity index is 1.30. The number of hydrogen-bond donors (Lipinski definition) is 0. The minimum atomic E-state index is -4.45. The maximum Gasteiger partial charge on any atom is 0.417 e.